The predicted molar refractivity (Wildman–Crippen MR) is 97.0 cm³/mol. The number of hydrogen-bond donors (Lipinski definition) is 2. The fraction of sp³-hybridized carbons (Fsp3) is 0.556. The van der Waals surface area contributed by atoms with Crippen molar-refractivity contribution < 1.29 is 4.79 Å². The Morgan fingerprint density at radius 2 is 2.38 bits per heavy atom. The molecule has 0 spiro atoms. The summed E-state index contributed by atoms with van der Waals surface area (Å²) in [7, 11) is 0. The fourth-order valence-electron chi connectivity index (χ4n) is 3.41. The van der Waals surface area contributed by atoms with Crippen molar-refractivity contribution >= 4 is 17.2 Å². The Hall–Kier alpha value is -1.66. The summed E-state index contributed by atoms with van der Waals surface area (Å²) in [6.45, 7) is 7.82. The fourth-order valence-corrected chi connectivity index (χ4v) is 4.30. The first kappa shape index (κ1) is 17.2. The van der Waals surface area contributed by atoms with Crippen LogP contribution in [0.15, 0.2) is 17.6 Å². The van der Waals surface area contributed by atoms with Gasteiger partial charge in [0, 0.05) is 35.3 Å². The molecule has 0 aliphatic carbocycles. The van der Waals surface area contributed by atoms with Gasteiger partial charge in [0.25, 0.3) is 0 Å². The number of H-pyrrole nitrogens is 1. The third-order valence-electron chi connectivity index (χ3n) is 4.78. The molecule has 6 heteroatoms. The minimum Gasteiger partial charge on any atom is -0.337 e. The molecule has 0 aromatic carbocycles. The van der Waals surface area contributed by atoms with Gasteiger partial charge in [-0.05, 0) is 43.7 Å². The largest absolute Gasteiger partial charge is 0.337 e. The molecule has 2 aromatic heterocycles. The Morgan fingerprint density at radius 3 is 3.08 bits per heavy atom. The SMILES string of the molecule is CCC[C@H](N[C@@H](C)c1cn[nH]c1C)C(=O)N1CCc2sccc2C1. The van der Waals surface area contributed by atoms with Crippen LogP contribution in [0.1, 0.15) is 54.4 Å². The molecule has 0 fully saturated rings. The molecule has 2 N–H and O–H groups in total. The van der Waals surface area contributed by atoms with E-state index in [4.69, 9.17) is 0 Å². The predicted octanol–water partition coefficient (Wildman–Crippen LogP) is 3.18. The van der Waals surface area contributed by atoms with Crippen molar-refractivity contribution in [3.63, 3.8) is 0 Å². The van der Waals surface area contributed by atoms with Crippen molar-refractivity contribution in [2.75, 3.05) is 6.54 Å². The molecule has 24 heavy (non-hydrogen) atoms. The maximum atomic E-state index is 13.1. The number of hydrogen-bond acceptors (Lipinski definition) is 4. The van der Waals surface area contributed by atoms with Crippen molar-refractivity contribution in [1.29, 1.82) is 0 Å². The summed E-state index contributed by atoms with van der Waals surface area (Å²) in [5.74, 6) is 0.224. The molecule has 0 bridgehead atoms. The number of nitrogens with one attached hydrogen (secondary N) is 2. The maximum Gasteiger partial charge on any atom is 0.240 e. The standard InChI is InChI=1S/C18H26N4OS/c1-4-5-16(20-12(2)15-10-19-21-13(15)3)18(23)22-8-6-17-14(11-22)7-9-24-17/h7,9-10,12,16,20H,4-6,8,11H2,1-3H3,(H,19,21)/t12-,16-/m0/s1. The minimum absolute atomic E-state index is 0.103. The first-order valence-corrected chi connectivity index (χ1v) is 9.58. The number of rotatable bonds is 6. The zero-order chi connectivity index (χ0) is 17.1. The lowest BCUT2D eigenvalue weighted by Gasteiger charge is -2.32. The Morgan fingerprint density at radius 1 is 1.54 bits per heavy atom. The zero-order valence-electron chi connectivity index (χ0n) is 14.6. The molecule has 1 aliphatic rings. The van der Waals surface area contributed by atoms with E-state index in [1.807, 2.05) is 18.0 Å². The molecule has 0 radical (unpaired) electrons. The van der Waals surface area contributed by atoms with Gasteiger partial charge < -0.3 is 4.90 Å². The molecule has 2 atom stereocenters. The highest BCUT2D eigenvalue weighted by Gasteiger charge is 2.28. The first-order chi connectivity index (χ1) is 11.6. The number of fused-ring (bicyclic) bond motifs is 1. The summed E-state index contributed by atoms with van der Waals surface area (Å²) >= 11 is 1.80. The molecule has 0 unspecified atom stereocenters. The summed E-state index contributed by atoms with van der Waals surface area (Å²) < 4.78 is 0. The number of amides is 1. The highest BCUT2D eigenvalue weighted by molar-refractivity contribution is 7.10. The summed E-state index contributed by atoms with van der Waals surface area (Å²) in [4.78, 5) is 16.5. The monoisotopic (exact) mass is 346 g/mol. The average molecular weight is 347 g/mol. The van der Waals surface area contributed by atoms with Crippen LogP contribution in [0.4, 0.5) is 0 Å². The van der Waals surface area contributed by atoms with Crippen LogP contribution in [0.25, 0.3) is 0 Å². The van der Waals surface area contributed by atoms with Crippen LogP contribution in [0, 0.1) is 6.92 Å². The number of aromatic amines is 1. The van der Waals surface area contributed by atoms with E-state index in [1.165, 1.54) is 10.4 Å². The second-order valence-corrected chi connectivity index (χ2v) is 7.56. The molecule has 1 amide bonds. The number of nitrogens with zero attached hydrogens (tertiary/aromatic N) is 2. The van der Waals surface area contributed by atoms with Crippen LogP contribution >= 0.6 is 11.3 Å². The Labute approximate surface area is 147 Å². The van der Waals surface area contributed by atoms with Crippen molar-refractivity contribution in [1.82, 2.24) is 20.4 Å². The Bertz CT molecular complexity index is 693. The minimum atomic E-state index is -0.139. The highest BCUT2D eigenvalue weighted by Crippen LogP contribution is 2.25. The Balaban J connectivity index is 1.69. The van der Waals surface area contributed by atoms with E-state index in [0.29, 0.717) is 0 Å². The van der Waals surface area contributed by atoms with Crippen LogP contribution in [-0.2, 0) is 17.8 Å². The van der Waals surface area contributed by atoms with E-state index in [9.17, 15) is 4.79 Å². The molecule has 0 saturated heterocycles. The van der Waals surface area contributed by atoms with Crippen molar-refractivity contribution in [2.45, 2.75) is 58.7 Å². The van der Waals surface area contributed by atoms with Crippen molar-refractivity contribution in [3.05, 3.63) is 39.3 Å². The summed E-state index contributed by atoms with van der Waals surface area (Å²) in [5, 5.41) is 12.7. The molecular weight excluding hydrogens is 320 g/mol. The third kappa shape index (κ3) is 3.54. The van der Waals surface area contributed by atoms with Gasteiger partial charge in [0.15, 0.2) is 0 Å². The zero-order valence-corrected chi connectivity index (χ0v) is 15.4. The normalized spacial score (nSPS) is 16.7. The van der Waals surface area contributed by atoms with E-state index in [0.717, 1.165) is 43.6 Å². The van der Waals surface area contributed by atoms with Gasteiger partial charge in [0.05, 0.1) is 12.2 Å². The molecule has 3 heterocycles. The van der Waals surface area contributed by atoms with E-state index in [2.05, 4.69) is 40.8 Å². The van der Waals surface area contributed by atoms with Gasteiger partial charge in [-0.3, -0.25) is 15.2 Å². The maximum absolute atomic E-state index is 13.1. The summed E-state index contributed by atoms with van der Waals surface area (Å²) in [5.41, 5.74) is 3.50. The summed E-state index contributed by atoms with van der Waals surface area (Å²) in [6, 6.07) is 2.12. The van der Waals surface area contributed by atoms with E-state index < -0.39 is 0 Å². The van der Waals surface area contributed by atoms with Crippen molar-refractivity contribution in [3.8, 4) is 0 Å². The van der Waals surface area contributed by atoms with E-state index >= 15 is 0 Å². The van der Waals surface area contributed by atoms with Crippen LogP contribution < -0.4 is 5.32 Å². The number of carbonyl (C=O) groups is 1. The highest BCUT2D eigenvalue weighted by atomic mass is 32.1. The van der Waals surface area contributed by atoms with Gasteiger partial charge in [-0.1, -0.05) is 13.3 Å². The van der Waals surface area contributed by atoms with Crippen LogP contribution in [-0.4, -0.2) is 33.6 Å². The van der Waals surface area contributed by atoms with E-state index in [-0.39, 0.29) is 18.0 Å². The topological polar surface area (TPSA) is 61.0 Å². The Kier molecular flexibility index (Phi) is 5.36. The molecular formula is C18H26N4OS. The second-order valence-electron chi connectivity index (χ2n) is 6.56. The third-order valence-corrected chi connectivity index (χ3v) is 5.80. The van der Waals surface area contributed by atoms with Gasteiger partial charge in [-0.25, -0.2) is 0 Å². The smallest absolute Gasteiger partial charge is 0.240 e. The number of thiophene rings is 1. The number of aromatic nitrogens is 2. The van der Waals surface area contributed by atoms with Crippen molar-refractivity contribution in [2.24, 2.45) is 0 Å². The second kappa shape index (κ2) is 7.49. The molecule has 5 nitrogen and oxygen atoms in total. The molecule has 2 aromatic rings. The molecule has 1 aliphatic heterocycles. The van der Waals surface area contributed by atoms with Gasteiger partial charge >= 0.3 is 0 Å². The lowest BCUT2D eigenvalue weighted by Crippen LogP contribution is -2.48. The lowest BCUT2D eigenvalue weighted by atomic mass is 10.0. The average Bonchev–Trinajstić information content (AvgIpc) is 3.21. The molecule has 3 rings (SSSR count). The van der Waals surface area contributed by atoms with Crippen LogP contribution in [0.3, 0.4) is 0 Å². The molecule has 130 valence electrons. The van der Waals surface area contributed by atoms with E-state index in [1.54, 1.807) is 11.3 Å². The summed E-state index contributed by atoms with van der Waals surface area (Å²) in [6.07, 6.45) is 4.66. The number of carbonyl (C=O) groups excluding carboxylic acids is 1. The van der Waals surface area contributed by atoms with Crippen LogP contribution in [0.5, 0.6) is 0 Å². The quantitative estimate of drug-likeness (QED) is 0.844. The van der Waals surface area contributed by atoms with Gasteiger partial charge in [-0.2, -0.15) is 5.10 Å². The number of aryl methyl sites for hydroxylation is 1. The van der Waals surface area contributed by atoms with Gasteiger partial charge in [-0.15, -0.1) is 11.3 Å². The van der Waals surface area contributed by atoms with Crippen LogP contribution in [0.2, 0.25) is 0 Å². The van der Waals surface area contributed by atoms with Gasteiger partial charge in [0.1, 0.15) is 0 Å². The molecule has 0 saturated carbocycles. The lowest BCUT2D eigenvalue weighted by molar-refractivity contribution is -0.134. The van der Waals surface area contributed by atoms with Gasteiger partial charge in [0.2, 0.25) is 5.91 Å². The first-order valence-electron chi connectivity index (χ1n) is 8.70.